The fourth-order valence-corrected chi connectivity index (χ4v) is 4.09. The summed E-state index contributed by atoms with van der Waals surface area (Å²) in [7, 11) is 0. The zero-order valence-corrected chi connectivity index (χ0v) is 24.6. The van der Waals surface area contributed by atoms with Crippen LogP contribution in [-0.4, -0.2) is 70.1 Å². The van der Waals surface area contributed by atoms with Gasteiger partial charge in [0.1, 0.15) is 18.1 Å². The first-order valence-electron chi connectivity index (χ1n) is 13.9. The van der Waals surface area contributed by atoms with Crippen molar-refractivity contribution in [3.8, 4) is 0 Å². The lowest BCUT2D eigenvalue weighted by atomic mass is 10.0. The first kappa shape index (κ1) is 33.9. The minimum absolute atomic E-state index is 0.0257. The van der Waals surface area contributed by atoms with Gasteiger partial charge in [-0.3, -0.25) is 33.7 Å². The maximum Gasteiger partial charge on any atom is 0.253 e. The standard InChI is InChI=1S/C30H41N5O7/c1-18(2)6-11-23(29(41)32-22-9-7-21(17-36)8-10-22)34-28(40)20(5)31-30(42)24(16-19(3)4)33-25(37)14-15-35-26(38)12-13-27(35)39/h7-10,12-13,19-20,23-24,36H,1,6,11,14-17H2,2-5H3,(H,31,42)(H,32,41)(H,33,37)(H,34,40)/t20?,23-,24?/m0/s1. The second-order valence-electron chi connectivity index (χ2n) is 10.8. The van der Waals surface area contributed by atoms with Gasteiger partial charge in [0, 0.05) is 30.8 Å². The number of allylic oxidation sites excluding steroid dienone is 1. The van der Waals surface area contributed by atoms with Crippen LogP contribution in [0.3, 0.4) is 0 Å². The van der Waals surface area contributed by atoms with Crippen molar-refractivity contribution in [1.29, 1.82) is 0 Å². The van der Waals surface area contributed by atoms with Gasteiger partial charge in [0.15, 0.2) is 0 Å². The second kappa shape index (κ2) is 16.2. The number of imide groups is 1. The van der Waals surface area contributed by atoms with E-state index in [1.807, 2.05) is 20.8 Å². The molecule has 42 heavy (non-hydrogen) atoms. The molecule has 12 nitrogen and oxygen atoms in total. The number of carbonyl (C=O) groups excluding carboxylic acids is 6. The summed E-state index contributed by atoms with van der Waals surface area (Å²) in [4.78, 5) is 76.1. The molecule has 1 aliphatic heterocycles. The third-order valence-corrected chi connectivity index (χ3v) is 6.47. The topological polar surface area (TPSA) is 174 Å². The Morgan fingerprint density at radius 1 is 0.857 bits per heavy atom. The van der Waals surface area contributed by atoms with Crippen molar-refractivity contribution in [3.05, 3.63) is 54.1 Å². The molecule has 0 aromatic heterocycles. The smallest absolute Gasteiger partial charge is 0.253 e. The average molecular weight is 584 g/mol. The van der Waals surface area contributed by atoms with E-state index < -0.39 is 53.6 Å². The van der Waals surface area contributed by atoms with Gasteiger partial charge in [-0.1, -0.05) is 31.6 Å². The quantitative estimate of drug-likeness (QED) is 0.144. The maximum absolute atomic E-state index is 13.1. The van der Waals surface area contributed by atoms with Gasteiger partial charge in [-0.25, -0.2) is 0 Å². The van der Waals surface area contributed by atoms with Gasteiger partial charge in [0.05, 0.1) is 6.61 Å². The van der Waals surface area contributed by atoms with Crippen molar-refractivity contribution in [1.82, 2.24) is 20.9 Å². The highest BCUT2D eigenvalue weighted by atomic mass is 16.3. The van der Waals surface area contributed by atoms with Crippen molar-refractivity contribution >= 4 is 41.1 Å². The molecule has 228 valence electrons. The van der Waals surface area contributed by atoms with Gasteiger partial charge in [-0.2, -0.15) is 0 Å². The molecule has 0 bridgehead atoms. The van der Waals surface area contributed by atoms with Crippen LogP contribution in [0.25, 0.3) is 0 Å². The molecule has 0 fully saturated rings. The predicted octanol–water partition coefficient (Wildman–Crippen LogP) is 1.31. The van der Waals surface area contributed by atoms with Gasteiger partial charge in [0.25, 0.3) is 11.8 Å². The van der Waals surface area contributed by atoms with Crippen LogP contribution in [0.15, 0.2) is 48.6 Å². The van der Waals surface area contributed by atoms with Crippen LogP contribution in [0.5, 0.6) is 0 Å². The molecular formula is C30H41N5O7. The zero-order chi connectivity index (χ0) is 31.4. The fourth-order valence-electron chi connectivity index (χ4n) is 4.09. The Hall–Kier alpha value is -4.32. The Balaban J connectivity index is 2.00. The van der Waals surface area contributed by atoms with Crippen molar-refractivity contribution in [3.63, 3.8) is 0 Å². The summed E-state index contributed by atoms with van der Waals surface area (Å²) in [6.45, 7) is 10.6. The van der Waals surface area contributed by atoms with E-state index in [1.54, 1.807) is 24.3 Å². The van der Waals surface area contributed by atoms with Crippen LogP contribution in [0.1, 0.15) is 58.9 Å². The number of hydrogen-bond donors (Lipinski definition) is 5. The predicted molar refractivity (Wildman–Crippen MR) is 156 cm³/mol. The summed E-state index contributed by atoms with van der Waals surface area (Å²) < 4.78 is 0. The number of aliphatic hydroxyl groups is 1. The number of benzene rings is 1. The summed E-state index contributed by atoms with van der Waals surface area (Å²) >= 11 is 0. The number of nitrogens with zero attached hydrogens (tertiary/aromatic N) is 1. The number of anilines is 1. The Labute approximate surface area is 246 Å². The Morgan fingerprint density at radius 2 is 1.48 bits per heavy atom. The van der Waals surface area contributed by atoms with Gasteiger partial charge >= 0.3 is 0 Å². The molecule has 3 atom stereocenters. The monoisotopic (exact) mass is 583 g/mol. The van der Waals surface area contributed by atoms with Crippen LogP contribution in [0, 0.1) is 5.92 Å². The van der Waals surface area contributed by atoms with Crippen molar-refractivity contribution < 1.29 is 33.9 Å². The number of aliphatic hydroxyl groups excluding tert-OH is 1. The molecule has 6 amide bonds. The molecule has 5 N–H and O–H groups in total. The van der Waals surface area contributed by atoms with Crippen LogP contribution in [0.2, 0.25) is 0 Å². The number of nitrogens with one attached hydrogen (secondary N) is 4. The Kier molecular flexibility index (Phi) is 13.1. The summed E-state index contributed by atoms with van der Waals surface area (Å²) in [5.41, 5.74) is 2.01. The van der Waals surface area contributed by atoms with Crippen LogP contribution in [-0.2, 0) is 35.4 Å². The molecule has 1 aromatic carbocycles. The summed E-state index contributed by atoms with van der Waals surface area (Å²) in [5.74, 6) is -3.12. The molecule has 2 unspecified atom stereocenters. The van der Waals surface area contributed by atoms with Crippen LogP contribution >= 0.6 is 0 Å². The molecule has 2 rings (SSSR count). The SMILES string of the molecule is C=C(C)CC[C@H](NC(=O)C(C)NC(=O)C(CC(C)C)NC(=O)CCN1C(=O)C=CC1=O)C(=O)Nc1ccc(CO)cc1. The summed E-state index contributed by atoms with van der Waals surface area (Å²) in [6.07, 6.45) is 3.13. The molecule has 0 radical (unpaired) electrons. The van der Waals surface area contributed by atoms with E-state index in [4.69, 9.17) is 0 Å². The number of amides is 6. The average Bonchev–Trinajstić information content (AvgIpc) is 3.25. The van der Waals surface area contributed by atoms with Crippen molar-refractivity contribution in [2.45, 2.75) is 78.1 Å². The van der Waals surface area contributed by atoms with Gasteiger partial charge in [-0.15, -0.1) is 6.58 Å². The minimum atomic E-state index is -1.03. The molecule has 0 saturated carbocycles. The Morgan fingerprint density at radius 3 is 2.02 bits per heavy atom. The molecule has 1 heterocycles. The lowest BCUT2D eigenvalue weighted by Gasteiger charge is -2.24. The summed E-state index contributed by atoms with van der Waals surface area (Å²) in [6, 6.07) is 3.73. The first-order valence-corrected chi connectivity index (χ1v) is 13.9. The lowest BCUT2D eigenvalue weighted by Crippen LogP contribution is -2.55. The van der Waals surface area contributed by atoms with E-state index in [9.17, 15) is 33.9 Å². The van der Waals surface area contributed by atoms with Gasteiger partial charge in [0.2, 0.25) is 23.6 Å². The van der Waals surface area contributed by atoms with E-state index in [2.05, 4.69) is 27.8 Å². The van der Waals surface area contributed by atoms with Crippen LogP contribution in [0.4, 0.5) is 5.69 Å². The van der Waals surface area contributed by atoms with Crippen molar-refractivity contribution in [2.24, 2.45) is 5.92 Å². The van der Waals surface area contributed by atoms with E-state index in [0.29, 0.717) is 17.7 Å². The lowest BCUT2D eigenvalue weighted by molar-refractivity contribution is -0.137. The maximum atomic E-state index is 13.1. The molecule has 1 aliphatic rings. The molecule has 1 aromatic rings. The highest BCUT2D eigenvalue weighted by molar-refractivity contribution is 6.13. The zero-order valence-electron chi connectivity index (χ0n) is 24.6. The third kappa shape index (κ3) is 10.9. The molecule has 0 aliphatic carbocycles. The largest absolute Gasteiger partial charge is 0.392 e. The normalized spacial score (nSPS) is 14.8. The van der Waals surface area contributed by atoms with Gasteiger partial charge in [-0.05, 0) is 56.7 Å². The number of hydrogen-bond acceptors (Lipinski definition) is 7. The number of rotatable bonds is 16. The fraction of sp³-hybridized carbons (Fsp3) is 0.467. The van der Waals surface area contributed by atoms with Gasteiger partial charge < -0.3 is 26.4 Å². The molecule has 0 saturated heterocycles. The van der Waals surface area contributed by atoms with Crippen LogP contribution < -0.4 is 21.3 Å². The summed E-state index contributed by atoms with van der Waals surface area (Å²) in [5, 5.41) is 19.9. The van der Waals surface area contributed by atoms with E-state index >= 15 is 0 Å². The molecule has 12 heteroatoms. The molecule has 0 spiro atoms. The third-order valence-electron chi connectivity index (χ3n) is 6.47. The minimum Gasteiger partial charge on any atom is -0.392 e. The molecular weight excluding hydrogens is 542 g/mol. The highest BCUT2D eigenvalue weighted by Gasteiger charge is 2.29. The second-order valence-corrected chi connectivity index (χ2v) is 10.8. The highest BCUT2D eigenvalue weighted by Crippen LogP contribution is 2.13. The van der Waals surface area contributed by atoms with Crippen molar-refractivity contribution in [2.75, 3.05) is 11.9 Å². The van der Waals surface area contributed by atoms with E-state index in [-0.39, 0.29) is 38.3 Å². The Bertz CT molecular complexity index is 1190. The van der Waals surface area contributed by atoms with E-state index in [0.717, 1.165) is 22.6 Å². The number of carbonyl (C=O) groups is 6. The van der Waals surface area contributed by atoms with E-state index in [1.165, 1.54) is 6.92 Å². The first-order chi connectivity index (χ1) is 19.8.